The second-order valence-electron chi connectivity index (χ2n) is 6.54. The Morgan fingerprint density at radius 2 is 2.07 bits per heavy atom. The number of sulfone groups is 1. The molecule has 27 heavy (non-hydrogen) atoms. The molecule has 7 nitrogen and oxygen atoms in total. The number of hydrogen-bond donors (Lipinski definition) is 1. The highest BCUT2D eigenvalue weighted by molar-refractivity contribution is 7.91. The van der Waals surface area contributed by atoms with Crippen molar-refractivity contribution in [3.05, 3.63) is 52.4 Å². The Morgan fingerprint density at radius 1 is 1.30 bits per heavy atom. The van der Waals surface area contributed by atoms with Crippen molar-refractivity contribution >= 4 is 37.3 Å². The van der Waals surface area contributed by atoms with Crippen molar-refractivity contribution in [1.82, 2.24) is 14.9 Å². The van der Waals surface area contributed by atoms with Crippen molar-refractivity contribution in [2.24, 2.45) is 0 Å². The molecule has 3 aromatic rings. The third-order valence-electron chi connectivity index (χ3n) is 4.56. The van der Waals surface area contributed by atoms with Gasteiger partial charge in [-0.3, -0.25) is 14.2 Å². The minimum absolute atomic E-state index is 0.0480. The lowest BCUT2D eigenvalue weighted by Crippen LogP contribution is -2.39. The summed E-state index contributed by atoms with van der Waals surface area (Å²) >= 11 is 1.38. The van der Waals surface area contributed by atoms with Crippen LogP contribution in [0.1, 0.15) is 6.42 Å². The van der Waals surface area contributed by atoms with Gasteiger partial charge in [0.05, 0.1) is 23.2 Å². The SMILES string of the molecule is O=C(Cn1cnc2scc(-c3ccccc3)c2c1=O)N[C@H]1CCS(=O)(=O)C1. The van der Waals surface area contributed by atoms with Gasteiger partial charge >= 0.3 is 0 Å². The number of carbonyl (C=O) groups excluding carboxylic acids is 1. The largest absolute Gasteiger partial charge is 0.351 e. The molecule has 1 fully saturated rings. The summed E-state index contributed by atoms with van der Waals surface area (Å²) in [5.41, 5.74) is 1.43. The first-order valence-corrected chi connectivity index (χ1v) is 11.1. The van der Waals surface area contributed by atoms with Crippen molar-refractivity contribution in [1.29, 1.82) is 0 Å². The molecule has 2 aromatic heterocycles. The summed E-state index contributed by atoms with van der Waals surface area (Å²) in [6.45, 7) is -0.192. The van der Waals surface area contributed by atoms with Crippen LogP contribution in [0.3, 0.4) is 0 Å². The van der Waals surface area contributed by atoms with Gasteiger partial charge in [-0.25, -0.2) is 13.4 Å². The molecule has 0 aliphatic carbocycles. The van der Waals surface area contributed by atoms with E-state index in [0.717, 1.165) is 11.1 Å². The fourth-order valence-corrected chi connectivity index (χ4v) is 5.83. The molecule has 1 atom stereocenters. The van der Waals surface area contributed by atoms with Crippen molar-refractivity contribution < 1.29 is 13.2 Å². The lowest BCUT2D eigenvalue weighted by atomic mass is 10.1. The Labute approximate surface area is 159 Å². The monoisotopic (exact) mass is 403 g/mol. The molecule has 1 N–H and O–H groups in total. The number of amides is 1. The lowest BCUT2D eigenvalue weighted by molar-refractivity contribution is -0.122. The van der Waals surface area contributed by atoms with E-state index in [2.05, 4.69) is 10.3 Å². The molecule has 1 aliphatic heterocycles. The van der Waals surface area contributed by atoms with E-state index in [0.29, 0.717) is 16.6 Å². The van der Waals surface area contributed by atoms with Crippen molar-refractivity contribution in [3.8, 4) is 11.1 Å². The summed E-state index contributed by atoms with van der Waals surface area (Å²) in [7, 11) is -3.07. The van der Waals surface area contributed by atoms with Gasteiger partial charge in [-0.2, -0.15) is 0 Å². The van der Waals surface area contributed by atoms with Gasteiger partial charge in [0, 0.05) is 17.0 Å². The van der Waals surface area contributed by atoms with Crippen LogP contribution >= 0.6 is 11.3 Å². The Kier molecular flexibility index (Phi) is 4.56. The number of fused-ring (bicyclic) bond motifs is 1. The molecule has 0 saturated carbocycles. The Balaban J connectivity index is 1.60. The molecule has 0 spiro atoms. The predicted molar refractivity (Wildman–Crippen MR) is 105 cm³/mol. The van der Waals surface area contributed by atoms with Crippen LogP contribution in [0.2, 0.25) is 0 Å². The smallest absolute Gasteiger partial charge is 0.263 e. The van der Waals surface area contributed by atoms with Crippen LogP contribution in [0.5, 0.6) is 0 Å². The van der Waals surface area contributed by atoms with E-state index in [-0.39, 0.29) is 23.6 Å². The van der Waals surface area contributed by atoms with E-state index >= 15 is 0 Å². The molecule has 9 heteroatoms. The highest BCUT2D eigenvalue weighted by Crippen LogP contribution is 2.30. The van der Waals surface area contributed by atoms with E-state index in [1.807, 2.05) is 35.7 Å². The molecule has 1 aliphatic rings. The van der Waals surface area contributed by atoms with Gasteiger partial charge < -0.3 is 5.32 Å². The van der Waals surface area contributed by atoms with E-state index in [9.17, 15) is 18.0 Å². The van der Waals surface area contributed by atoms with E-state index in [4.69, 9.17) is 0 Å². The van der Waals surface area contributed by atoms with Gasteiger partial charge in [0.2, 0.25) is 5.91 Å². The fourth-order valence-electron chi connectivity index (χ4n) is 3.25. The zero-order valence-electron chi connectivity index (χ0n) is 14.3. The summed E-state index contributed by atoms with van der Waals surface area (Å²) in [6.07, 6.45) is 1.77. The van der Waals surface area contributed by atoms with Gasteiger partial charge in [-0.15, -0.1) is 11.3 Å². The van der Waals surface area contributed by atoms with Crippen LogP contribution in [0.25, 0.3) is 21.3 Å². The van der Waals surface area contributed by atoms with E-state index in [1.54, 1.807) is 0 Å². The van der Waals surface area contributed by atoms with Crippen LogP contribution in [0.15, 0.2) is 46.8 Å². The second kappa shape index (κ2) is 6.90. The van der Waals surface area contributed by atoms with Crippen LogP contribution in [0.4, 0.5) is 0 Å². The molecule has 1 saturated heterocycles. The normalized spacial score (nSPS) is 18.6. The Morgan fingerprint density at radius 3 is 2.78 bits per heavy atom. The Bertz CT molecular complexity index is 1170. The zero-order valence-corrected chi connectivity index (χ0v) is 15.9. The summed E-state index contributed by atoms with van der Waals surface area (Å²) in [5, 5.41) is 5.08. The minimum Gasteiger partial charge on any atom is -0.351 e. The lowest BCUT2D eigenvalue weighted by Gasteiger charge is -2.11. The Hall–Kier alpha value is -2.52. The second-order valence-corrected chi connectivity index (χ2v) is 9.63. The summed E-state index contributed by atoms with van der Waals surface area (Å²) < 4.78 is 24.3. The van der Waals surface area contributed by atoms with Gasteiger partial charge in [-0.05, 0) is 12.0 Å². The van der Waals surface area contributed by atoms with Crippen molar-refractivity contribution in [2.75, 3.05) is 11.5 Å². The maximum absolute atomic E-state index is 12.9. The number of nitrogens with zero attached hydrogens (tertiary/aromatic N) is 2. The maximum atomic E-state index is 12.9. The van der Waals surface area contributed by atoms with E-state index < -0.39 is 21.8 Å². The summed E-state index contributed by atoms with van der Waals surface area (Å²) in [6, 6.07) is 9.16. The molecule has 0 bridgehead atoms. The van der Waals surface area contributed by atoms with Crippen LogP contribution < -0.4 is 10.9 Å². The van der Waals surface area contributed by atoms with Gasteiger partial charge in [0.1, 0.15) is 11.4 Å². The highest BCUT2D eigenvalue weighted by Gasteiger charge is 2.29. The molecule has 1 amide bonds. The molecule has 0 radical (unpaired) electrons. The molecule has 140 valence electrons. The number of thiophene rings is 1. The average molecular weight is 403 g/mol. The molecule has 1 aromatic carbocycles. The van der Waals surface area contributed by atoms with Crippen LogP contribution in [0, 0.1) is 0 Å². The fraction of sp³-hybridized carbons (Fsp3) is 0.278. The average Bonchev–Trinajstić information content (AvgIpc) is 3.21. The van der Waals surface area contributed by atoms with Crippen LogP contribution in [-0.4, -0.2) is 41.4 Å². The molecule has 0 unspecified atom stereocenters. The summed E-state index contributed by atoms with van der Waals surface area (Å²) in [5.74, 6) is -0.356. The zero-order chi connectivity index (χ0) is 19.0. The van der Waals surface area contributed by atoms with Gasteiger partial charge in [0.25, 0.3) is 5.56 Å². The maximum Gasteiger partial charge on any atom is 0.263 e. The summed E-state index contributed by atoms with van der Waals surface area (Å²) in [4.78, 5) is 30.1. The number of carbonyl (C=O) groups is 1. The highest BCUT2D eigenvalue weighted by atomic mass is 32.2. The number of hydrogen-bond acceptors (Lipinski definition) is 6. The van der Waals surface area contributed by atoms with Crippen molar-refractivity contribution in [3.63, 3.8) is 0 Å². The quantitative estimate of drug-likeness (QED) is 0.711. The first kappa shape index (κ1) is 17.9. The molecular formula is C18H17N3O4S2. The number of aromatic nitrogens is 2. The number of nitrogens with one attached hydrogen (secondary N) is 1. The topological polar surface area (TPSA) is 98.1 Å². The molecular weight excluding hydrogens is 386 g/mol. The standard InChI is InChI=1S/C18H17N3O4S2/c22-15(20-13-6-7-27(24,25)10-13)8-21-11-19-17-16(18(21)23)14(9-26-17)12-4-2-1-3-5-12/h1-5,9,11,13H,6-8,10H2,(H,20,22)/t13-/m0/s1. The van der Waals surface area contributed by atoms with Crippen LogP contribution in [-0.2, 0) is 21.2 Å². The first-order valence-electron chi connectivity index (χ1n) is 8.45. The number of benzene rings is 1. The number of rotatable bonds is 4. The predicted octanol–water partition coefficient (Wildman–Crippen LogP) is 1.43. The van der Waals surface area contributed by atoms with Crippen molar-refractivity contribution in [2.45, 2.75) is 19.0 Å². The van der Waals surface area contributed by atoms with Gasteiger partial charge in [0.15, 0.2) is 9.84 Å². The third-order valence-corrected chi connectivity index (χ3v) is 7.21. The minimum atomic E-state index is -3.07. The van der Waals surface area contributed by atoms with E-state index in [1.165, 1.54) is 22.2 Å². The molecule has 3 heterocycles. The first-order chi connectivity index (χ1) is 12.9. The third kappa shape index (κ3) is 3.65. The molecule has 4 rings (SSSR count). The van der Waals surface area contributed by atoms with Gasteiger partial charge in [-0.1, -0.05) is 30.3 Å².